The first-order valence-corrected chi connectivity index (χ1v) is 9.13. The number of carbonyl (C=O) groups excluding carboxylic acids is 1. The minimum absolute atomic E-state index is 0.0906. The number of carbonyl (C=O) groups is 1. The van der Waals surface area contributed by atoms with Gasteiger partial charge in [0.2, 0.25) is 0 Å². The van der Waals surface area contributed by atoms with E-state index in [1.54, 1.807) is 6.07 Å². The smallest absolute Gasteiger partial charge is 0.253 e. The molecule has 3 N–H and O–H groups in total. The molecule has 2 aromatic carbocycles. The molecule has 1 unspecified atom stereocenters. The standard InChI is InChI=1S/C21H27N3O/c1-16(9-10-17-7-3-2-4-8-17)23-20-12-11-18(15-19(20)22)21(25)24-13-5-6-14-24/h2-4,7-8,11-12,15-16,23H,5-6,9-10,13-14,22H2,1H3. The number of nitrogens with one attached hydrogen (secondary N) is 1. The van der Waals surface area contributed by atoms with Crippen molar-refractivity contribution in [1.82, 2.24) is 4.90 Å². The minimum Gasteiger partial charge on any atom is -0.397 e. The Hall–Kier alpha value is -2.49. The summed E-state index contributed by atoms with van der Waals surface area (Å²) in [6.45, 7) is 3.87. The van der Waals surface area contributed by atoms with Gasteiger partial charge in [0.1, 0.15) is 0 Å². The molecule has 3 rings (SSSR count). The Kier molecular flexibility index (Phi) is 5.59. The molecule has 1 fully saturated rings. The van der Waals surface area contributed by atoms with Gasteiger partial charge in [0, 0.05) is 24.7 Å². The molecule has 2 aromatic rings. The molecule has 1 aliphatic rings. The van der Waals surface area contributed by atoms with Gasteiger partial charge in [-0.2, -0.15) is 0 Å². The molecule has 0 saturated carbocycles. The summed E-state index contributed by atoms with van der Waals surface area (Å²) >= 11 is 0. The van der Waals surface area contributed by atoms with Gasteiger partial charge < -0.3 is 16.0 Å². The van der Waals surface area contributed by atoms with Crippen LogP contribution < -0.4 is 11.1 Å². The molecule has 1 amide bonds. The summed E-state index contributed by atoms with van der Waals surface area (Å²) in [5, 5.41) is 3.47. The van der Waals surface area contributed by atoms with E-state index in [1.165, 1.54) is 5.56 Å². The molecule has 0 spiro atoms. The lowest BCUT2D eigenvalue weighted by atomic mass is 10.1. The van der Waals surface area contributed by atoms with Crippen LogP contribution in [0.1, 0.15) is 42.1 Å². The van der Waals surface area contributed by atoms with Gasteiger partial charge in [-0.05, 0) is 56.4 Å². The van der Waals surface area contributed by atoms with Crippen molar-refractivity contribution in [1.29, 1.82) is 0 Å². The Morgan fingerprint density at radius 1 is 1.16 bits per heavy atom. The highest BCUT2D eigenvalue weighted by atomic mass is 16.2. The molecular formula is C21H27N3O. The number of amides is 1. The van der Waals surface area contributed by atoms with E-state index in [4.69, 9.17) is 5.73 Å². The van der Waals surface area contributed by atoms with Gasteiger partial charge >= 0.3 is 0 Å². The Bertz CT molecular complexity index is 708. The predicted octanol–water partition coefficient (Wildman–Crippen LogP) is 3.94. The van der Waals surface area contributed by atoms with E-state index in [-0.39, 0.29) is 5.91 Å². The van der Waals surface area contributed by atoms with Crippen LogP contribution in [0.2, 0.25) is 0 Å². The number of nitrogens with two attached hydrogens (primary N) is 1. The number of hydrogen-bond donors (Lipinski definition) is 2. The Labute approximate surface area is 150 Å². The first-order valence-electron chi connectivity index (χ1n) is 9.13. The molecule has 0 aliphatic carbocycles. The van der Waals surface area contributed by atoms with Crippen molar-refractivity contribution >= 4 is 17.3 Å². The Morgan fingerprint density at radius 2 is 1.88 bits per heavy atom. The van der Waals surface area contributed by atoms with E-state index < -0.39 is 0 Å². The summed E-state index contributed by atoms with van der Waals surface area (Å²) in [7, 11) is 0. The van der Waals surface area contributed by atoms with Crippen molar-refractivity contribution < 1.29 is 4.79 Å². The zero-order valence-electron chi connectivity index (χ0n) is 14.9. The van der Waals surface area contributed by atoms with Crippen molar-refractivity contribution in [3.63, 3.8) is 0 Å². The molecule has 1 heterocycles. The molecule has 4 heteroatoms. The summed E-state index contributed by atoms with van der Waals surface area (Å²) in [5.74, 6) is 0.0906. The number of aryl methyl sites for hydroxylation is 1. The third-order valence-electron chi connectivity index (χ3n) is 4.80. The highest BCUT2D eigenvalue weighted by Crippen LogP contribution is 2.23. The van der Waals surface area contributed by atoms with Gasteiger partial charge in [0.05, 0.1) is 11.4 Å². The fraction of sp³-hybridized carbons (Fsp3) is 0.381. The van der Waals surface area contributed by atoms with Gasteiger partial charge in [-0.3, -0.25) is 4.79 Å². The summed E-state index contributed by atoms with van der Waals surface area (Å²) in [5.41, 5.74) is 9.74. The maximum absolute atomic E-state index is 12.4. The number of hydrogen-bond acceptors (Lipinski definition) is 3. The van der Waals surface area contributed by atoms with E-state index >= 15 is 0 Å². The number of rotatable bonds is 6. The second-order valence-electron chi connectivity index (χ2n) is 6.87. The average Bonchev–Trinajstić information content (AvgIpc) is 3.16. The summed E-state index contributed by atoms with van der Waals surface area (Å²) in [4.78, 5) is 14.3. The molecule has 0 radical (unpaired) electrons. The van der Waals surface area contributed by atoms with Crippen LogP contribution in [0.15, 0.2) is 48.5 Å². The van der Waals surface area contributed by atoms with Gasteiger partial charge in [-0.15, -0.1) is 0 Å². The summed E-state index contributed by atoms with van der Waals surface area (Å²) in [6.07, 6.45) is 4.25. The highest BCUT2D eigenvalue weighted by Gasteiger charge is 2.20. The zero-order valence-corrected chi connectivity index (χ0v) is 14.9. The lowest BCUT2D eigenvalue weighted by molar-refractivity contribution is 0.0793. The Morgan fingerprint density at radius 3 is 2.56 bits per heavy atom. The first-order chi connectivity index (χ1) is 12.1. The van der Waals surface area contributed by atoms with Crippen LogP contribution in [-0.4, -0.2) is 29.9 Å². The normalized spacial score (nSPS) is 15.2. The molecule has 1 aliphatic heterocycles. The first kappa shape index (κ1) is 17.3. The van der Waals surface area contributed by atoms with Crippen LogP contribution in [0.25, 0.3) is 0 Å². The van der Waals surface area contributed by atoms with Crippen LogP contribution in [0.5, 0.6) is 0 Å². The van der Waals surface area contributed by atoms with Crippen LogP contribution >= 0.6 is 0 Å². The predicted molar refractivity (Wildman–Crippen MR) is 104 cm³/mol. The van der Waals surface area contributed by atoms with Crippen molar-refractivity contribution in [2.24, 2.45) is 0 Å². The largest absolute Gasteiger partial charge is 0.397 e. The number of nitrogen functional groups attached to an aromatic ring is 1. The van der Waals surface area contributed by atoms with Crippen molar-refractivity contribution in [2.45, 2.75) is 38.6 Å². The van der Waals surface area contributed by atoms with Gasteiger partial charge in [0.25, 0.3) is 5.91 Å². The van der Waals surface area contributed by atoms with Gasteiger partial charge in [-0.25, -0.2) is 0 Å². The fourth-order valence-electron chi connectivity index (χ4n) is 3.30. The molecule has 4 nitrogen and oxygen atoms in total. The van der Waals surface area contributed by atoms with E-state index in [0.717, 1.165) is 44.5 Å². The van der Waals surface area contributed by atoms with Crippen molar-refractivity contribution in [3.05, 3.63) is 59.7 Å². The van der Waals surface area contributed by atoms with E-state index in [9.17, 15) is 4.79 Å². The van der Waals surface area contributed by atoms with Crippen LogP contribution in [-0.2, 0) is 6.42 Å². The van der Waals surface area contributed by atoms with Crippen LogP contribution in [0.3, 0.4) is 0 Å². The molecule has 1 atom stereocenters. The second-order valence-corrected chi connectivity index (χ2v) is 6.87. The van der Waals surface area contributed by atoms with E-state index in [0.29, 0.717) is 17.3 Å². The third-order valence-corrected chi connectivity index (χ3v) is 4.80. The number of benzene rings is 2. The Balaban J connectivity index is 1.58. The summed E-state index contributed by atoms with van der Waals surface area (Å²) < 4.78 is 0. The molecule has 0 bridgehead atoms. The number of anilines is 2. The van der Waals surface area contributed by atoms with Crippen molar-refractivity contribution in [3.8, 4) is 0 Å². The average molecular weight is 337 g/mol. The van der Waals surface area contributed by atoms with Crippen LogP contribution in [0, 0.1) is 0 Å². The monoisotopic (exact) mass is 337 g/mol. The van der Waals surface area contributed by atoms with Crippen molar-refractivity contribution in [2.75, 3.05) is 24.1 Å². The third kappa shape index (κ3) is 4.53. The van der Waals surface area contributed by atoms with Gasteiger partial charge in [0.15, 0.2) is 0 Å². The molecule has 132 valence electrons. The maximum Gasteiger partial charge on any atom is 0.253 e. The van der Waals surface area contributed by atoms with E-state index in [1.807, 2.05) is 23.1 Å². The lowest BCUT2D eigenvalue weighted by Gasteiger charge is -2.19. The molecule has 25 heavy (non-hydrogen) atoms. The maximum atomic E-state index is 12.4. The highest BCUT2D eigenvalue weighted by molar-refractivity contribution is 5.96. The number of nitrogens with zero attached hydrogens (tertiary/aromatic N) is 1. The number of likely N-dealkylation sites (tertiary alicyclic amines) is 1. The SMILES string of the molecule is CC(CCc1ccccc1)Nc1ccc(C(=O)N2CCCC2)cc1N. The van der Waals surface area contributed by atoms with E-state index in [2.05, 4.69) is 36.5 Å². The van der Waals surface area contributed by atoms with Gasteiger partial charge in [-0.1, -0.05) is 30.3 Å². The molecule has 0 aromatic heterocycles. The second kappa shape index (κ2) is 8.06. The molecule has 1 saturated heterocycles. The lowest BCUT2D eigenvalue weighted by Crippen LogP contribution is -2.27. The fourth-order valence-corrected chi connectivity index (χ4v) is 3.30. The summed E-state index contributed by atoms with van der Waals surface area (Å²) in [6, 6.07) is 16.4. The topological polar surface area (TPSA) is 58.4 Å². The quantitative estimate of drug-likeness (QED) is 0.785. The zero-order chi connectivity index (χ0) is 17.6. The molecular weight excluding hydrogens is 310 g/mol. The minimum atomic E-state index is 0.0906. The van der Waals surface area contributed by atoms with Crippen LogP contribution in [0.4, 0.5) is 11.4 Å².